The van der Waals surface area contributed by atoms with Crippen LogP contribution >= 0.6 is 11.3 Å². The molecule has 0 spiro atoms. The molecule has 66 valence electrons. The largest absolute Gasteiger partial charge is 0.462 e. The second-order valence-corrected chi connectivity index (χ2v) is 3.36. The Hall–Kier alpha value is -0.870. The molecule has 1 heterocycles. The van der Waals surface area contributed by atoms with Crippen LogP contribution in [0.3, 0.4) is 0 Å². The molecule has 1 aromatic rings. The monoisotopic (exact) mass is 185 g/mol. The van der Waals surface area contributed by atoms with Crippen molar-refractivity contribution in [2.24, 2.45) is 5.73 Å². The summed E-state index contributed by atoms with van der Waals surface area (Å²) in [7, 11) is 0. The van der Waals surface area contributed by atoms with Crippen LogP contribution in [-0.4, -0.2) is 12.6 Å². The van der Waals surface area contributed by atoms with Gasteiger partial charge in [-0.2, -0.15) is 0 Å². The van der Waals surface area contributed by atoms with E-state index in [0.29, 0.717) is 18.0 Å². The van der Waals surface area contributed by atoms with Gasteiger partial charge in [-0.05, 0) is 19.1 Å². The predicted molar refractivity (Wildman–Crippen MR) is 48.2 cm³/mol. The Balaban J connectivity index is 2.68. The molecular weight excluding hydrogens is 174 g/mol. The van der Waals surface area contributed by atoms with Gasteiger partial charge in [0.1, 0.15) is 4.88 Å². The minimum atomic E-state index is -0.262. The number of nitrogens with two attached hydrogens (primary N) is 1. The van der Waals surface area contributed by atoms with Crippen LogP contribution in [0, 0.1) is 0 Å². The van der Waals surface area contributed by atoms with Gasteiger partial charge in [0.2, 0.25) is 0 Å². The molecule has 4 heteroatoms. The smallest absolute Gasteiger partial charge is 0.348 e. The van der Waals surface area contributed by atoms with Gasteiger partial charge >= 0.3 is 5.97 Å². The molecule has 0 radical (unpaired) electrons. The van der Waals surface area contributed by atoms with Crippen molar-refractivity contribution in [3.05, 3.63) is 21.9 Å². The van der Waals surface area contributed by atoms with Crippen molar-refractivity contribution in [1.29, 1.82) is 0 Å². The van der Waals surface area contributed by atoms with Crippen LogP contribution in [0.2, 0.25) is 0 Å². The number of carbonyl (C=O) groups excluding carboxylic acids is 1. The molecule has 0 unspecified atom stereocenters. The van der Waals surface area contributed by atoms with Gasteiger partial charge in [-0.25, -0.2) is 4.79 Å². The summed E-state index contributed by atoms with van der Waals surface area (Å²) in [5, 5.41) is 0. The maximum Gasteiger partial charge on any atom is 0.348 e. The molecule has 12 heavy (non-hydrogen) atoms. The molecule has 0 aliphatic rings. The van der Waals surface area contributed by atoms with Crippen LogP contribution in [0.5, 0.6) is 0 Å². The molecule has 0 saturated heterocycles. The fraction of sp³-hybridized carbons (Fsp3) is 0.375. The highest BCUT2D eigenvalue weighted by molar-refractivity contribution is 7.13. The van der Waals surface area contributed by atoms with Gasteiger partial charge in [0, 0.05) is 11.4 Å². The molecule has 1 rings (SSSR count). The van der Waals surface area contributed by atoms with Crippen LogP contribution in [0.25, 0.3) is 0 Å². The number of thiophene rings is 1. The highest BCUT2D eigenvalue weighted by Crippen LogP contribution is 2.16. The standard InChI is InChI=1S/C8H11NO2S/c1-2-11-8(10)7-4-3-6(5-9)12-7/h3-4H,2,5,9H2,1H3. The molecule has 1 aromatic heterocycles. The zero-order chi connectivity index (χ0) is 8.97. The van der Waals surface area contributed by atoms with E-state index in [1.807, 2.05) is 6.07 Å². The minimum Gasteiger partial charge on any atom is -0.462 e. The third-order valence-corrected chi connectivity index (χ3v) is 2.43. The zero-order valence-corrected chi connectivity index (χ0v) is 7.69. The molecule has 0 fully saturated rings. The fourth-order valence-corrected chi connectivity index (χ4v) is 1.58. The van der Waals surface area contributed by atoms with Gasteiger partial charge in [0.25, 0.3) is 0 Å². The van der Waals surface area contributed by atoms with Gasteiger partial charge in [-0.15, -0.1) is 11.3 Å². The first-order valence-electron chi connectivity index (χ1n) is 3.73. The lowest BCUT2D eigenvalue weighted by Gasteiger charge is -1.96. The van der Waals surface area contributed by atoms with Gasteiger partial charge in [-0.3, -0.25) is 0 Å². The molecule has 0 aliphatic heterocycles. The lowest BCUT2D eigenvalue weighted by molar-refractivity contribution is 0.0532. The molecule has 3 nitrogen and oxygen atoms in total. The molecule has 0 amide bonds. The average molecular weight is 185 g/mol. The Morgan fingerprint density at radius 3 is 2.92 bits per heavy atom. The lowest BCUT2D eigenvalue weighted by Crippen LogP contribution is -2.01. The summed E-state index contributed by atoms with van der Waals surface area (Å²) >= 11 is 1.38. The highest BCUT2D eigenvalue weighted by Gasteiger charge is 2.08. The van der Waals surface area contributed by atoms with Crippen molar-refractivity contribution >= 4 is 17.3 Å². The topological polar surface area (TPSA) is 52.3 Å². The first-order valence-corrected chi connectivity index (χ1v) is 4.55. The summed E-state index contributed by atoms with van der Waals surface area (Å²) in [6.45, 7) is 2.67. The van der Waals surface area contributed by atoms with Gasteiger partial charge in [0.05, 0.1) is 6.61 Å². The summed E-state index contributed by atoms with van der Waals surface area (Å²) in [5.41, 5.74) is 5.40. The van der Waals surface area contributed by atoms with E-state index in [2.05, 4.69) is 0 Å². The third kappa shape index (κ3) is 2.06. The van der Waals surface area contributed by atoms with Gasteiger partial charge in [0.15, 0.2) is 0 Å². The minimum absolute atomic E-state index is 0.262. The SMILES string of the molecule is CCOC(=O)c1ccc(CN)s1. The maximum absolute atomic E-state index is 11.1. The maximum atomic E-state index is 11.1. The van der Waals surface area contributed by atoms with Gasteiger partial charge < -0.3 is 10.5 Å². The van der Waals surface area contributed by atoms with Crippen molar-refractivity contribution in [3.63, 3.8) is 0 Å². The number of hydrogen-bond acceptors (Lipinski definition) is 4. The van der Waals surface area contributed by atoms with E-state index in [9.17, 15) is 4.79 Å². The Morgan fingerprint density at radius 1 is 1.67 bits per heavy atom. The van der Waals surface area contributed by atoms with E-state index in [4.69, 9.17) is 10.5 Å². The second-order valence-electron chi connectivity index (χ2n) is 2.19. The van der Waals surface area contributed by atoms with E-state index in [-0.39, 0.29) is 5.97 Å². The molecular formula is C8H11NO2S. The summed E-state index contributed by atoms with van der Waals surface area (Å²) in [6.07, 6.45) is 0. The van der Waals surface area contributed by atoms with Crippen LogP contribution in [0.1, 0.15) is 21.5 Å². The molecule has 0 saturated carbocycles. The zero-order valence-electron chi connectivity index (χ0n) is 6.87. The number of hydrogen-bond donors (Lipinski definition) is 1. The van der Waals surface area contributed by atoms with Crippen LogP contribution in [0.15, 0.2) is 12.1 Å². The van der Waals surface area contributed by atoms with Crippen molar-refractivity contribution in [2.75, 3.05) is 6.61 Å². The second kappa shape index (κ2) is 4.23. The molecule has 0 atom stereocenters. The Labute approximate surface area is 75.1 Å². The predicted octanol–water partition coefficient (Wildman–Crippen LogP) is 1.38. The summed E-state index contributed by atoms with van der Waals surface area (Å²) in [6, 6.07) is 3.59. The van der Waals surface area contributed by atoms with Gasteiger partial charge in [-0.1, -0.05) is 0 Å². The van der Waals surface area contributed by atoms with Crippen LogP contribution < -0.4 is 5.73 Å². The number of carbonyl (C=O) groups is 1. The van der Waals surface area contributed by atoms with E-state index < -0.39 is 0 Å². The molecule has 0 bridgehead atoms. The Morgan fingerprint density at radius 2 is 2.42 bits per heavy atom. The number of ether oxygens (including phenoxy) is 1. The summed E-state index contributed by atoms with van der Waals surface area (Å²) in [5.74, 6) is -0.262. The molecule has 0 aliphatic carbocycles. The lowest BCUT2D eigenvalue weighted by atomic mass is 10.4. The van der Waals surface area contributed by atoms with Crippen molar-refractivity contribution in [3.8, 4) is 0 Å². The molecule has 2 N–H and O–H groups in total. The number of rotatable bonds is 3. The van der Waals surface area contributed by atoms with Crippen LogP contribution in [-0.2, 0) is 11.3 Å². The molecule has 0 aromatic carbocycles. The van der Waals surface area contributed by atoms with Crippen LogP contribution in [0.4, 0.5) is 0 Å². The fourth-order valence-electron chi connectivity index (χ4n) is 0.800. The first kappa shape index (κ1) is 9.22. The summed E-state index contributed by atoms with van der Waals surface area (Å²) < 4.78 is 4.82. The Bertz CT molecular complexity index is 270. The average Bonchev–Trinajstić information content (AvgIpc) is 2.52. The van der Waals surface area contributed by atoms with E-state index >= 15 is 0 Å². The van der Waals surface area contributed by atoms with Crippen molar-refractivity contribution < 1.29 is 9.53 Å². The number of esters is 1. The van der Waals surface area contributed by atoms with Crippen molar-refractivity contribution in [2.45, 2.75) is 13.5 Å². The third-order valence-electron chi connectivity index (χ3n) is 1.34. The Kier molecular flexibility index (Phi) is 3.25. The highest BCUT2D eigenvalue weighted by atomic mass is 32.1. The quantitative estimate of drug-likeness (QED) is 0.724. The van der Waals surface area contributed by atoms with E-state index in [0.717, 1.165) is 4.88 Å². The van der Waals surface area contributed by atoms with E-state index in [1.54, 1.807) is 13.0 Å². The summed E-state index contributed by atoms with van der Waals surface area (Å²) in [4.78, 5) is 12.7. The first-order chi connectivity index (χ1) is 5.77. The van der Waals surface area contributed by atoms with E-state index in [1.165, 1.54) is 11.3 Å². The normalized spacial score (nSPS) is 9.83. The van der Waals surface area contributed by atoms with Crippen molar-refractivity contribution in [1.82, 2.24) is 0 Å².